The molecule has 130 valence electrons. The minimum atomic E-state index is 0.0395. The van der Waals surface area contributed by atoms with E-state index in [1.165, 1.54) is 36.2 Å². The van der Waals surface area contributed by atoms with Crippen molar-refractivity contribution < 1.29 is 0 Å². The molecule has 0 N–H and O–H groups in total. The molecule has 4 rings (SSSR count). The third-order valence-corrected chi connectivity index (χ3v) is 6.03. The van der Waals surface area contributed by atoms with Crippen molar-refractivity contribution in [3.63, 3.8) is 0 Å². The number of aryl methyl sites for hydroxylation is 1. The van der Waals surface area contributed by atoms with Crippen LogP contribution in [0.5, 0.6) is 0 Å². The van der Waals surface area contributed by atoms with Crippen molar-refractivity contribution in [2.75, 3.05) is 13.1 Å². The predicted octanol–water partition coefficient (Wildman–Crippen LogP) is 3.52. The number of hydrogen-bond donors (Lipinski definition) is 0. The monoisotopic (exact) mass is 353 g/mol. The molecule has 1 aromatic carbocycles. The molecule has 1 aliphatic rings. The largest absolute Gasteiger partial charge is 0.297 e. The molecule has 0 spiro atoms. The zero-order chi connectivity index (χ0) is 17.2. The number of thiazole rings is 1. The van der Waals surface area contributed by atoms with Gasteiger partial charge in [-0.25, -0.2) is 4.98 Å². The Morgan fingerprint density at radius 3 is 2.72 bits per heavy atom. The van der Waals surface area contributed by atoms with E-state index in [-0.39, 0.29) is 5.56 Å². The van der Waals surface area contributed by atoms with Crippen LogP contribution in [0, 0.1) is 12.8 Å². The normalized spacial score (nSPS) is 16.5. The topological polar surface area (TPSA) is 37.6 Å². The Morgan fingerprint density at radius 2 is 1.96 bits per heavy atom. The van der Waals surface area contributed by atoms with E-state index in [0.29, 0.717) is 0 Å². The van der Waals surface area contributed by atoms with Crippen molar-refractivity contribution in [2.24, 2.45) is 5.92 Å². The highest BCUT2D eigenvalue weighted by Crippen LogP contribution is 2.22. The minimum Gasteiger partial charge on any atom is -0.297 e. The Bertz CT molecular complexity index is 908. The first-order valence-electron chi connectivity index (χ1n) is 8.92. The lowest BCUT2D eigenvalue weighted by molar-refractivity contribution is 0.175. The Labute approximate surface area is 151 Å². The Morgan fingerprint density at radius 1 is 1.20 bits per heavy atom. The highest BCUT2D eigenvalue weighted by molar-refractivity contribution is 7.15. The minimum absolute atomic E-state index is 0.0395. The molecule has 2 aromatic heterocycles. The van der Waals surface area contributed by atoms with Gasteiger partial charge in [-0.05, 0) is 50.8 Å². The lowest BCUT2D eigenvalue weighted by Crippen LogP contribution is -2.34. The summed E-state index contributed by atoms with van der Waals surface area (Å²) >= 11 is 1.54. The van der Waals surface area contributed by atoms with Crippen LogP contribution < -0.4 is 5.56 Å². The van der Waals surface area contributed by atoms with Crippen molar-refractivity contribution >= 4 is 16.3 Å². The third kappa shape index (κ3) is 3.67. The van der Waals surface area contributed by atoms with Crippen LogP contribution in [0.2, 0.25) is 0 Å². The van der Waals surface area contributed by atoms with Crippen molar-refractivity contribution in [1.82, 2.24) is 14.3 Å². The fourth-order valence-corrected chi connectivity index (χ4v) is 4.60. The molecule has 3 heterocycles. The molecule has 1 aliphatic heterocycles. The van der Waals surface area contributed by atoms with E-state index in [0.717, 1.165) is 41.9 Å². The van der Waals surface area contributed by atoms with E-state index in [2.05, 4.69) is 40.2 Å². The molecule has 0 unspecified atom stereocenters. The van der Waals surface area contributed by atoms with Gasteiger partial charge in [-0.3, -0.25) is 14.1 Å². The average Bonchev–Trinajstić information content (AvgIpc) is 2.99. The van der Waals surface area contributed by atoms with Crippen LogP contribution >= 0.6 is 11.3 Å². The molecule has 0 bridgehead atoms. The third-order valence-electron chi connectivity index (χ3n) is 5.09. The molecule has 0 saturated carbocycles. The first kappa shape index (κ1) is 16.5. The van der Waals surface area contributed by atoms with Crippen molar-refractivity contribution in [3.05, 3.63) is 69.1 Å². The van der Waals surface area contributed by atoms with Crippen LogP contribution in [0.3, 0.4) is 0 Å². The molecule has 5 heteroatoms. The SMILES string of the molecule is Cc1csc2nc(CN3CCC(Cc4ccccc4)CC3)cc(=O)n12. The quantitative estimate of drug-likeness (QED) is 0.720. The van der Waals surface area contributed by atoms with Crippen molar-refractivity contribution in [3.8, 4) is 0 Å². The van der Waals surface area contributed by atoms with E-state index in [1.807, 2.05) is 12.3 Å². The number of nitrogens with zero attached hydrogens (tertiary/aromatic N) is 3. The maximum absolute atomic E-state index is 12.3. The summed E-state index contributed by atoms with van der Waals surface area (Å²) in [6.07, 6.45) is 3.61. The summed E-state index contributed by atoms with van der Waals surface area (Å²) in [7, 11) is 0. The number of aromatic nitrogens is 2. The maximum atomic E-state index is 12.3. The van der Waals surface area contributed by atoms with Gasteiger partial charge >= 0.3 is 0 Å². The lowest BCUT2D eigenvalue weighted by atomic mass is 9.90. The van der Waals surface area contributed by atoms with E-state index in [4.69, 9.17) is 0 Å². The molecule has 3 aromatic rings. The number of benzene rings is 1. The van der Waals surface area contributed by atoms with Gasteiger partial charge in [0, 0.05) is 23.7 Å². The Hall–Kier alpha value is -1.98. The molecule has 0 radical (unpaired) electrons. The first-order chi connectivity index (χ1) is 12.2. The lowest BCUT2D eigenvalue weighted by Gasteiger charge is -2.31. The standard InChI is InChI=1S/C20H23N3OS/c1-15-14-25-20-21-18(12-19(24)23(15)20)13-22-9-7-17(8-10-22)11-16-5-3-2-4-6-16/h2-6,12,14,17H,7-11,13H2,1H3. The van der Waals surface area contributed by atoms with Gasteiger partial charge in [-0.15, -0.1) is 11.3 Å². The molecule has 0 amide bonds. The van der Waals surface area contributed by atoms with Crippen LogP contribution in [-0.2, 0) is 13.0 Å². The predicted molar refractivity (Wildman–Crippen MR) is 102 cm³/mol. The van der Waals surface area contributed by atoms with Gasteiger partial charge in [0.15, 0.2) is 4.96 Å². The van der Waals surface area contributed by atoms with Gasteiger partial charge in [-0.1, -0.05) is 30.3 Å². The average molecular weight is 353 g/mol. The van der Waals surface area contributed by atoms with Gasteiger partial charge in [0.1, 0.15) is 0 Å². The summed E-state index contributed by atoms with van der Waals surface area (Å²) in [6.45, 7) is 4.90. The number of piperidine rings is 1. The summed E-state index contributed by atoms with van der Waals surface area (Å²) < 4.78 is 1.69. The van der Waals surface area contributed by atoms with Crippen LogP contribution in [-0.4, -0.2) is 27.4 Å². The molecular weight excluding hydrogens is 330 g/mol. The summed E-state index contributed by atoms with van der Waals surface area (Å²) in [6, 6.07) is 12.5. The zero-order valence-corrected chi connectivity index (χ0v) is 15.3. The van der Waals surface area contributed by atoms with E-state index in [1.54, 1.807) is 10.5 Å². The summed E-state index contributed by atoms with van der Waals surface area (Å²) in [5.74, 6) is 0.764. The molecule has 25 heavy (non-hydrogen) atoms. The first-order valence-corrected chi connectivity index (χ1v) is 9.80. The molecule has 1 saturated heterocycles. The van der Waals surface area contributed by atoms with Crippen LogP contribution in [0.1, 0.15) is 29.8 Å². The number of fused-ring (bicyclic) bond motifs is 1. The van der Waals surface area contributed by atoms with Gasteiger partial charge in [0.2, 0.25) is 0 Å². The number of hydrogen-bond acceptors (Lipinski definition) is 4. The van der Waals surface area contributed by atoms with E-state index in [9.17, 15) is 4.79 Å². The number of likely N-dealkylation sites (tertiary alicyclic amines) is 1. The molecular formula is C20H23N3OS. The maximum Gasteiger partial charge on any atom is 0.259 e. The van der Waals surface area contributed by atoms with E-state index >= 15 is 0 Å². The second kappa shape index (κ2) is 7.10. The molecule has 0 aliphatic carbocycles. The van der Waals surface area contributed by atoms with Crippen LogP contribution in [0.25, 0.3) is 4.96 Å². The molecule has 4 nitrogen and oxygen atoms in total. The van der Waals surface area contributed by atoms with Gasteiger partial charge in [-0.2, -0.15) is 0 Å². The van der Waals surface area contributed by atoms with E-state index < -0.39 is 0 Å². The van der Waals surface area contributed by atoms with Gasteiger partial charge < -0.3 is 0 Å². The highest BCUT2D eigenvalue weighted by Gasteiger charge is 2.20. The van der Waals surface area contributed by atoms with Gasteiger partial charge in [0.05, 0.1) is 5.69 Å². The summed E-state index contributed by atoms with van der Waals surface area (Å²) in [5.41, 5.74) is 3.34. The second-order valence-electron chi connectivity index (χ2n) is 6.99. The Balaban J connectivity index is 1.38. The van der Waals surface area contributed by atoms with Crippen LogP contribution in [0.15, 0.2) is 46.6 Å². The summed E-state index contributed by atoms with van der Waals surface area (Å²) in [5, 5.41) is 1.99. The van der Waals surface area contributed by atoms with Gasteiger partial charge in [0.25, 0.3) is 5.56 Å². The smallest absolute Gasteiger partial charge is 0.259 e. The van der Waals surface area contributed by atoms with Crippen LogP contribution in [0.4, 0.5) is 0 Å². The molecule has 1 fully saturated rings. The zero-order valence-electron chi connectivity index (χ0n) is 14.5. The highest BCUT2D eigenvalue weighted by atomic mass is 32.1. The second-order valence-corrected chi connectivity index (χ2v) is 7.83. The fraction of sp³-hybridized carbons (Fsp3) is 0.400. The number of rotatable bonds is 4. The molecule has 0 atom stereocenters. The summed E-state index contributed by atoms with van der Waals surface area (Å²) in [4.78, 5) is 20.2. The van der Waals surface area contributed by atoms with Crippen molar-refractivity contribution in [2.45, 2.75) is 32.7 Å². The Kier molecular flexibility index (Phi) is 4.68. The van der Waals surface area contributed by atoms with Crippen molar-refractivity contribution in [1.29, 1.82) is 0 Å². The fourth-order valence-electron chi connectivity index (χ4n) is 3.71.